The second kappa shape index (κ2) is 17.5. The van der Waals surface area contributed by atoms with E-state index in [4.69, 9.17) is 4.99 Å². The standard InChI is InChI=1S/C27H38N4O2.2C2H6/c1-19(2)9-10-27(33)31-13-11-21(12-14-31)18-29-22-15-24(20(3)17-28-4)30-25(16-22)23-7-5-6-8-26(23)32;2*1-2/h5-8,16-17,19,21,29,32H,9-15,18H2,1-4H3;2*1-2H3/b24-20+,28-17?;;. The van der Waals surface area contributed by atoms with Crippen LogP contribution in [0.2, 0.25) is 0 Å². The summed E-state index contributed by atoms with van der Waals surface area (Å²) in [5, 5.41) is 14.0. The van der Waals surface area contributed by atoms with Gasteiger partial charge in [0.1, 0.15) is 5.75 Å². The zero-order valence-electron chi connectivity index (χ0n) is 24.5. The lowest BCUT2D eigenvalue weighted by molar-refractivity contribution is -0.132. The summed E-state index contributed by atoms with van der Waals surface area (Å²) in [6.07, 6.45) is 8.26. The van der Waals surface area contributed by atoms with E-state index in [0.29, 0.717) is 30.6 Å². The van der Waals surface area contributed by atoms with Crippen LogP contribution in [0.1, 0.15) is 86.1 Å². The highest BCUT2D eigenvalue weighted by Crippen LogP contribution is 2.26. The molecule has 0 atom stereocenters. The van der Waals surface area contributed by atoms with Crippen LogP contribution in [-0.2, 0) is 4.79 Å². The second-order valence-electron chi connectivity index (χ2n) is 9.52. The van der Waals surface area contributed by atoms with Crippen LogP contribution in [0, 0.1) is 11.8 Å². The van der Waals surface area contributed by atoms with E-state index in [1.165, 1.54) is 0 Å². The van der Waals surface area contributed by atoms with Gasteiger partial charge < -0.3 is 15.3 Å². The maximum Gasteiger partial charge on any atom is 0.222 e. The zero-order valence-corrected chi connectivity index (χ0v) is 24.5. The van der Waals surface area contributed by atoms with E-state index in [2.05, 4.69) is 24.2 Å². The molecule has 37 heavy (non-hydrogen) atoms. The lowest BCUT2D eigenvalue weighted by atomic mass is 9.95. The van der Waals surface area contributed by atoms with Gasteiger partial charge in [0.2, 0.25) is 5.91 Å². The van der Waals surface area contributed by atoms with E-state index in [1.807, 2.05) is 70.0 Å². The number of aliphatic imine (C=N–C) groups is 2. The fourth-order valence-corrected chi connectivity index (χ4v) is 4.28. The molecule has 3 rings (SSSR count). The monoisotopic (exact) mass is 510 g/mol. The van der Waals surface area contributed by atoms with E-state index in [9.17, 15) is 9.90 Å². The number of carbonyl (C=O) groups excluding carboxylic acids is 1. The van der Waals surface area contributed by atoms with E-state index in [0.717, 1.165) is 67.1 Å². The number of nitrogens with one attached hydrogen (secondary N) is 1. The summed E-state index contributed by atoms with van der Waals surface area (Å²) in [5.41, 5.74) is 4.55. The van der Waals surface area contributed by atoms with Crippen molar-refractivity contribution in [2.75, 3.05) is 26.7 Å². The molecule has 6 heteroatoms. The summed E-state index contributed by atoms with van der Waals surface area (Å²) in [7, 11) is 1.76. The molecule has 0 aromatic heterocycles. The van der Waals surface area contributed by atoms with Crippen LogP contribution in [0.3, 0.4) is 0 Å². The van der Waals surface area contributed by atoms with Gasteiger partial charge in [0.05, 0.1) is 11.4 Å². The number of phenolic OH excluding ortho intramolecular Hbond substituents is 1. The molecule has 2 aliphatic rings. The number of hydrogen-bond donors (Lipinski definition) is 2. The zero-order chi connectivity index (χ0) is 27.8. The number of hydrogen-bond acceptors (Lipinski definition) is 5. The Balaban J connectivity index is 0.00000163. The molecule has 0 bridgehead atoms. The van der Waals surface area contributed by atoms with E-state index >= 15 is 0 Å². The third-order valence-corrected chi connectivity index (χ3v) is 6.40. The van der Waals surface area contributed by atoms with Crippen LogP contribution in [0.4, 0.5) is 0 Å². The third kappa shape index (κ3) is 10.6. The summed E-state index contributed by atoms with van der Waals surface area (Å²) in [6.45, 7) is 16.9. The molecule has 1 aromatic rings. The number of phenols is 1. The van der Waals surface area contributed by atoms with Crippen LogP contribution in [0.25, 0.3) is 0 Å². The molecule has 1 fully saturated rings. The highest BCUT2D eigenvalue weighted by Gasteiger charge is 2.23. The molecule has 0 saturated carbocycles. The number of allylic oxidation sites excluding steroid dienone is 2. The molecule has 2 N–H and O–H groups in total. The van der Waals surface area contributed by atoms with Crippen molar-refractivity contribution in [2.24, 2.45) is 21.8 Å². The summed E-state index contributed by atoms with van der Waals surface area (Å²) in [4.78, 5) is 23.4. The lowest BCUT2D eigenvalue weighted by Gasteiger charge is -2.33. The van der Waals surface area contributed by atoms with Crippen molar-refractivity contribution in [1.82, 2.24) is 10.2 Å². The molecule has 0 aliphatic carbocycles. The van der Waals surface area contributed by atoms with Crippen molar-refractivity contribution in [2.45, 2.75) is 80.6 Å². The number of likely N-dealkylation sites (tertiary alicyclic amines) is 1. The number of benzene rings is 1. The van der Waals surface area contributed by atoms with Crippen molar-refractivity contribution >= 4 is 17.8 Å². The first kappa shape index (κ1) is 32.1. The maximum absolute atomic E-state index is 12.4. The molecular formula is C31H50N4O2. The Bertz CT molecular complexity index is 952. The van der Waals surface area contributed by atoms with Gasteiger partial charge >= 0.3 is 0 Å². The molecule has 0 radical (unpaired) electrons. The van der Waals surface area contributed by atoms with Crippen LogP contribution >= 0.6 is 0 Å². The van der Waals surface area contributed by atoms with Gasteiger partial charge in [-0.2, -0.15) is 0 Å². The number of amides is 1. The average Bonchev–Trinajstić information content (AvgIpc) is 2.93. The Morgan fingerprint density at radius 2 is 1.84 bits per heavy atom. The summed E-state index contributed by atoms with van der Waals surface area (Å²) in [5.74, 6) is 1.64. The van der Waals surface area contributed by atoms with Gasteiger partial charge in [0.25, 0.3) is 0 Å². The van der Waals surface area contributed by atoms with Gasteiger partial charge in [0.15, 0.2) is 0 Å². The Labute approximate surface area is 225 Å². The van der Waals surface area contributed by atoms with Gasteiger partial charge in [-0.25, -0.2) is 0 Å². The first-order valence-corrected chi connectivity index (χ1v) is 14.1. The third-order valence-electron chi connectivity index (χ3n) is 6.40. The predicted molar refractivity (Wildman–Crippen MR) is 159 cm³/mol. The molecule has 2 heterocycles. The van der Waals surface area contributed by atoms with Crippen LogP contribution in [0.5, 0.6) is 5.75 Å². The Hall–Kier alpha value is -2.89. The van der Waals surface area contributed by atoms with Gasteiger partial charge in [0, 0.05) is 57.0 Å². The van der Waals surface area contributed by atoms with E-state index in [1.54, 1.807) is 13.1 Å². The Kier molecular flexibility index (Phi) is 15.2. The number of dihydropyridines is 1. The summed E-state index contributed by atoms with van der Waals surface area (Å²) in [6, 6.07) is 7.30. The smallest absolute Gasteiger partial charge is 0.222 e. The van der Waals surface area contributed by atoms with Crippen LogP contribution in [0.15, 0.2) is 57.3 Å². The summed E-state index contributed by atoms with van der Waals surface area (Å²) < 4.78 is 0. The molecular weight excluding hydrogens is 460 g/mol. The molecule has 6 nitrogen and oxygen atoms in total. The van der Waals surface area contributed by atoms with E-state index < -0.39 is 0 Å². The first-order chi connectivity index (χ1) is 17.9. The number of rotatable bonds is 8. The number of nitrogens with zero attached hydrogens (tertiary/aromatic N) is 3. The molecule has 1 aromatic carbocycles. The lowest BCUT2D eigenvalue weighted by Crippen LogP contribution is -2.40. The molecule has 206 valence electrons. The molecule has 2 aliphatic heterocycles. The van der Waals surface area contributed by atoms with Crippen molar-refractivity contribution in [3.63, 3.8) is 0 Å². The van der Waals surface area contributed by atoms with Crippen molar-refractivity contribution in [1.29, 1.82) is 0 Å². The van der Waals surface area contributed by atoms with Crippen molar-refractivity contribution < 1.29 is 9.90 Å². The normalized spacial score (nSPS) is 17.3. The topological polar surface area (TPSA) is 77.3 Å². The second-order valence-corrected chi connectivity index (χ2v) is 9.52. The molecule has 0 unspecified atom stereocenters. The average molecular weight is 511 g/mol. The quantitative estimate of drug-likeness (QED) is 0.379. The van der Waals surface area contributed by atoms with E-state index in [-0.39, 0.29) is 5.75 Å². The largest absolute Gasteiger partial charge is 0.507 e. The minimum atomic E-state index is 0.226. The Morgan fingerprint density at radius 3 is 2.43 bits per heavy atom. The van der Waals surface area contributed by atoms with Crippen molar-refractivity contribution in [3.8, 4) is 5.75 Å². The van der Waals surface area contributed by atoms with Crippen molar-refractivity contribution in [3.05, 3.63) is 52.9 Å². The SMILES string of the molecule is CC.CC.CN=C/C(C)=C1\CC(NCC2CCN(C(=O)CCC(C)C)CC2)=CC(c2ccccc2O)=N1. The molecule has 1 amide bonds. The predicted octanol–water partition coefficient (Wildman–Crippen LogP) is 6.76. The van der Waals surface area contributed by atoms with Gasteiger partial charge in [-0.05, 0) is 61.8 Å². The van der Waals surface area contributed by atoms with Crippen LogP contribution < -0.4 is 5.32 Å². The number of carbonyl (C=O) groups is 1. The molecule has 1 saturated heterocycles. The molecule has 0 spiro atoms. The van der Waals surface area contributed by atoms with Gasteiger partial charge in [-0.15, -0.1) is 0 Å². The highest BCUT2D eigenvalue weighted by atomic mass is 16.3. The minimum absolute atomic E-state index is 0.226. The highest BCUT2D eigenvalue weighted by molar-refractivity contribution is 6.12. The van der Waals surface area contributed by atoms with Crippen LogP contribution in [-0.4, -0.2) is 54.5 Å². The van der Waals surface area contributed by atoms with Gasteiger partial charge in [-0.1, -0.05) is 53.7 Å². The minimum Gasteiger partial charge on any atom is -0.507 e. The maximum atomic E-state index is 12.4. The number of aromatic hydroxyl groups is 1. The fraction of sp³-hybridized carbons (Fsp3) is 0.581. The first-order valence-electron chi connectivity index (χ1n) is 14.1. The number of piperidine rings is 1. The fourth-order valence-electron chi connectivity index (χ4n) is 4.28. The van der Waals surface area contributed by atoms with Gasteiger partial charge in [-0.3, -0.25) is 14.8 Å². The number of para-hydroxylation sites is 1. The summed E-state index contributed by atoms with van der Waals surface area (Å²) >= 11 is 0. The Morgan fingerprint density at radius 1 is 1.19 bits per heavy atom.